The van der Waals surface area contributed by atoms with Gasteiger partial charge in [-0.15, -0.1) is 0 Å². The highest BCUT2D eigenvalue weighted by atomic mass is 32.1. The molecule has 1 N–H and O–H groups in total. The van der Waals surface area contributed by atoms with E-state index in [4.69, 9.17) is 0 Å². The maximum atomic E-state index is 9.22. The maximum absolute atomic E-state index is 9.22. The molecule has 0 aromatic rings. The second-order valence-corrected chi connectivity index (χ2v) is 6.77. The normalized spacial score (nSPS) is 20.1. The average molecular weight is 259 g/mol. The Bertz CT molecular complexity index is 209. The zero-order valence-electron chi connectivity index (χ0n) is 11.7. The Labute approximate surface area is 112 Å². The van der Waals surface area contributed by atoms with Gasteiger partial charge in [-0.25, -0.2) is 0 Å². The third-order valence-corrected chi connectivity index (χ3v) is 4.57. The lowest BCUT2D eigenvalue weighted by Crippen LogP contribution is -2.42. The fourth-order valence-electron chi connectivity index (χ4n) is 2.71. The van der Waals surface area contributed by atoms with E-state index < -0.39 is 0 Å². The van der Waals surface area contributed by atoms with Gasteiger partial charge in [0.05, 0.1) is 6.61 Å². The molecule has 0 spiro atoms. The molecule has 0 aromatic carbocycles. The minimum absolute atomic E-state index is 0.278. The molecule has 1 rings (SSSR count). The molecule has 0 aromatic heterocycles. The Morgan fingerprint density at radius 3 is 2.29 bits per heavy atom. The van der Waals surface area contributed by atoms with E-state index in [1.54, 1.807) is 0 Å². The number of aliphatic hydroxyl groups excluding tert-OH is 1. The van der Waals surface area contributed by atoms with Crippen molar-refractivity contribution in [1.82, 2.24) is 4.90 Å². The highest BCUT2D eigenvalue weighted by Crippen LogP contribution is 2.30. The zero-order valence-corrected chi connectivity index (χ0v) is 12.5. The van der Waals surface area contributed by atoms with Gasteiger partial charge < -0.3 is 5.11 Å². The van der Waals surface area contributed by atoms with Gasteiger partial charge in [0.1, 0.15) is 0 Å². The highest BCUT2D eigenvalue weighted by Gasteiger charge is 2.29. The van der Waals surface area contributed by atoms with Crippen LogP contribution in [0, 0.1) is 11.3 Å². The quantitative estimate of drug-likeness (QED) is 0.717. The van der Waals surface area contributed by atoms with Gasteiger partial charge in [-0.1, -0.05) is 33.6 Å². The lowest BCUT2D eigenvalue weighted by atomic mass is 9.81. The van der Waals surface area contributed by atoms with E-state index in [-0.39, 0.29) is 6.61 Å². The van der Waals surface area contributed by atoms with Crippen molar-refractivity contribution >= 4 is 12.6 Å². The number of hydrogen-bond acceptors (Lipinski definition) is 3. The standard InChI is InChI=1S/C14H29NOS/c1-14(2,3)12(11-17)10-15(8-9-16)13-6-4-5-7-13/h12-13,16-17H,4-11H2,1-3H3. The van der Waals surface area contributed by atoms with Crippen molar-refractivity contribution in [1.29, 1.82) is 0 Å². The van der Waals surface area contributed by atoms with Gasteiger partial charge in [0, 0.05) is 19.1 Å². The number of aliphatic hydroxyl groups is 1. The summed E-state index contributed by atoms with van der Waals surface area (Å²) in [6, 6.07) is 0.701. The first kappa shape index (κ1) is 15.3. The summed E-state index contributed by atoms with van der Waals surface area (Å²) in [4.78, 5) is 2.50. The molecule has 3 heteroatoms. The molecule has 2 nitrogen and oxygen atoms in total. The van der Waals surface area contributed by atoms with Crippen molar-refractivity contribution in [3.8, 4) is 0 Å². The lowest BCUT2D eigenvalue weighted by Gasteiger charge is -2.37. The van der Waals surface area contributed by atoms with E-state index in [1.807, 2.05) is 0 Å². The van der Waals surface area contributed by atoms with Crippen LogP contribution in [0.3, 0.4) is 0 Å². The van der Waals surface area contributed by atoms with Gasteiger partial charge in [0.2, 0.25) is 0 Å². The van der Waals surface area contributed by atoms with Crippen molar-refractivity contribution in [2.75, 3.05) is 25.4 Å². The minimum Gasteiger partial charge on any atom is -0.395 e. The fraction of sp³-hybridized carbons (Fsp3) is 1.00. The second kappa shape index (κ2) is 7.01. The zero-order chi connectivity index (χ0) is 12.9. The van der Waals surface area contributed by atoms with Gasteiger partial charge in [-0.2, -0.15) is 12.6 Å². The van der Waals surface area contributed by atoms with Gasteiger partial charge in [-0.05, 0) is 29.9 Å². The van der Waals surface area contributed by atoms with Crippen LogP contribution >= 0.6 is 12.6 Å². The van der Waals surface area contributed by atoms with Crippen LogP contribution < -0.4 is 0 Å². The first-order valence-electron chi connectivity index (χ1n) is 6.94. The third kappa shape index (κ3) is 4.80. The molecule has 0 heterocycles. The predicted molar refractivity (Wildman–Crippen MR) is 77.7 cm³/mol. The summed E-state index contributed by atoms with van der Waals surface area (Å²) in [7, 11) is 0. The van der Waals surface area contributed by atoms with Crippen LogP contribution in [0.2, 0.25) is 0 Å². The molecule has 1 fully saturated rings. The number of thiol groups is 1. The van der Waals surface area contributed by atoms with E-state index in [1.165, 1.54) is 25.7 Å². The molecule has 1 unspecified atom stereocenters. The van der Waals surface area contributed by atoms with E-state index in [0.717, 1.165) is 18.8 Å². The molecule has 0 radical (unpaired) electrons. The van der Waals surface area contributed by atoms with Crippen molar-refractivity contribution in [3.63, 3.8) is 0 Å². The van der Waals surface area contributed by atoms with Crippen molar-refractivity contribution in [2.24, 2.45) is 11.3 Å². The van der Waals surface area contributed by atoms with E-state index in [2.05, 4.69) is 38.3 Å². The van der Waals surface area contributed by atoms with Crippen LogP contribution in [-0.4, -0.2) is 41.5 Å². The van der Waals surface area contributed by atoms with Crippen LogP contribution in [-0.2, 0) is 0 Å². The van der Waals surface area contributed by atoms with Gasteiger partial charge in [-0.3, -0.25) is 4.90 Å². The van der Waals surface area contributed by atoms with Crippen LogP contribution in [0.1, 0.15) is 46.5 Å². The highest BCUT2D eigenvalue weighted by molar-refractivity contribution is 7.80. The number of rotatable bonds is 6. The topological polar surface area (TPSA) is 23.5 Å². The van der Waals surface area contributed by atoms with Crippen molar-refractivity contribution in [3.05, 3.63) is 0 Å². The lowest BCUT2D eigenvalue weighted by molar-refractivity contribution is 0.104. The van der Waals surface area contributed by atoms with Crippen molar-refractivity contribution < 1.29 is 5.11 Å². The first-order valence-corrected chi connectivity index (χ1v) is 7.58. The summed E-state index contributed by atoms with van der Waals surface area (Å²) >= 11 is 4.51. The molecule has 0 aliphatic heterocycles. The molecule has 0 amide bonds. The van der Waals surface area contributed by atoms with Gasteiger partial charge in [0.15, 0.2) is 0 Å². The maximum Gasteiger partial charge on any atom is 0.0558 e. The molecule has 0 saturated heterocycles. The van der Waals surface area contributed by atoms with Crippen LogP contribution in [0.15, 0.2) is 0 Å². The van der Waals surface area contributed by atoms with E-state index in [0.29, 0.717) is 17.4 Å². The summed E-state index contributed by atoms with van der Waals surface area (Å²) < 4.78 is 0. The van der Waals surface area contributed by atoms with E-state index >= 15 is 0 Å². The summed E-state index contributed by atoms with van der Waals surface area (Å²) in [5, 5.41) is 9.22. The van der Waals surface area contributed by atoms with Gasteiger partial charge >= 0.3 is 0 Å². The molecule has 0 bridgehead atoms. The van der Waals surface area contributed by atoms with Crippen LogP contribution in [0.5, 0.6) is 0 Å². The Balaban J connectivity index is 2.57. The molecule has 1 aliphatic carbocycles. The Morgan fingerprint density at radius 1 is 1.29 bits per heavy atom. The Kier molecular flexibility index (Phi) is 6.32. The SMILES string of the molecule is CC(C)(C)C(CS)CN(CCO)C1CCCC1. The second-order valence-electron chi connectivity index (χ2n) is 6.40. The Hall–Kier alpha value is 0.270. The predicted octanol–water partition coefficient (Wildman–Crippen LogP) is 2.82. The minimum atomic E-state index is 0.278. The molecule has 1 atom stereocenters. The molecule has 1 aliphatic rings. The van der Waals surface area contributed by atoms with Crippen LogP contribution in [0.4, 0.5) is 0 Å². The third-order valence-electron chi connectivity index (χ3n) is 4.13. The summed E-state index contributed by atoms with van der Waals surface area (Å²) in [5.74, 6) is 1.52. The molecular formula is C14H29NOS. The van der Waals surface area contributed by atoms with E-state index in [9.17, 15) is 5.11 Å². The average Bonchev–Trinajstić information content (AvgIpc) is 2.75. The summed E-state index contributed by atoms with van der Waals surface area (Å²) in [6.45, 7) is 9.06. The monoisotopic (exact) mass is 259 g/mol. The molecule has 102 valence electrons. The summed E-state index contributed by atoms with van der Waals surface area (Å²) in [5.41, 5.74) is 0.300. The fourth-order valence-corrected chi connectivity index (χ4v) is 3.37. The Morgan fingerprint density at radius 2 is 1.88 bits per heavy atom. The van der Waals surface area contributed by atoms with Gasteiger partial charge in [0.25, 0.3) is 0 Å². The number of hydrogen-bond donors (Lipinski definition) is 2. The number of nitrogens with zero attached hydrogens (tertiary/aromatic N) is 1. The smallest absolute Gasteiger partial charge is 0.0558 e. The van der Waals surface area contributed by atoms with Crippen LogP contribution in [0.25, 0.3) is 0 Å². The largest absolute Gasteiger partial charge is 0.395 e. The summed E-state index contributed by atoms with van der Waals surface area (Å²) in [6.07, 6.45) is 5.33. The van der Waals surface area contributed by atoms with Crippen molar-refractivity contribution in [2.45, 2.75) is 52.5 Å². The first-order chi connectivity index (χ1) is 7.99. The molecule has 1 saturated carbocycles. The molecule has 17 heavy (non-hydrogen) atoms. The molecular weight excluding hydrogens is 230 g/mol.